The zero-order valence-electron chi connectivity index (χ0n) is 77.4. The van der Waals surface area contributed by atoms with E-state index in [1.54, 1.807) is 0 Å². The van der Waals surface area contributed by atoms with Crippen molar-refractivity contribution >= 4 is 155 Å². The molecular formula is C101H107Cl4F6LiN11O7PS2. The largest absolute Gasteiger partial charge is 1.00 e. The first kappa shape index (κ1) is 111. The number of ketones is 1. The third kappa shape index (κ3) is 29.2. The molecule has 0 unspecified atom stereocenters. The Hall–Kier alpha value is -11.2. The maximum atomic E-state index is 12.4. The van der Waals surface area contributed by atoms with Crippen LogP contribution in [0.5, 0.6) is 0 Å². The van der Waals surface area contributed by atoms with Gasteiger partial charge in [0.05, 0.1) is 22.3 Å². The molecule has 32 heteroatoms. The van der Waals surface area contributed by atoms with Crippen LogP contribution in [0.4, 0.5) is 71.8 Å². The SMILES string of the molecule is CN(C)c1ccc(C(=C2C(c3ccccc3)=[N+](C)c3ccccc32)c2ccc(N(C)C)cc2)cc1.CN(C)c1ccc(C(=C2C(c3ccccc3)=[N+](C)c3ccccc32)c2ccc(N(C)C)cc2)cc1.CN(C)c1ccc(C(=O)c2ccc(N(C)C)cc2)cc1.CO.C[N-]S(=O)(=O)C(F)(F)F.C[N-]S(=O)(=O)C(F)(F)F.Cn1c(-c2ccccc2)cc2ccccc21.O=P(Cl)(Cl)Cl.[Cl-].[Li+]. The number of aryl methyl sites for hydroxylation is 1. The van der Waals surface area contributed by atoms with E-state index in [4.69, 9.17) is 5.11 Å². The van der Waals surface area contributed by atoms with Crippen LogP contribution in [0.1, 0.15) is 60.4 Å². The zero-order valence-corrected chi connectivity index (χ0v) is 82.9. The number of nitrogens with zero attached hydrogens (tertiary/aromatic N) is 11. The molecule has 13 aromatic rings. The second-order valence-corrected chi connectivity index (χ2v) is 40.9. The molecule has 0 aliphatic carbocycles. The van der Waals surface area contributed by atoms with Gasteiger partial charge in [0.1, 0.15) is 14.1 Å². The van der Waals surface area contributed by atoms with E-state index in [0.29, 0.717) is 25.2 Å². The summed E-state index contributed by atoms with van der Waals surface area (Å²) in [5, 5.41) is 5.07. The third-order valence-corrected chi connectivity index (χ3v) is 23.0. The molecule has 0 spiro atoms. The van der Waals surface area contributed by atoms with E-state index < -0.39 is 36.3 Å². The number of sulfonamides is 2. The number of aliphatic hydroxyl groups excluding tert-OH is 1. The molecule has 0 fully saturated rings. The maximum absolute atomic E-state index is 12.4. The van der Waals surface area contributed by atoms with Crippen molar-refractivity contribution in [2.45, 2.75) is 11.0 Å². The van der Waals surface area contributed by atoms with Gasteiger partial charge in [0.2, 0.25) is 22.8 Å². The number of alkyl halides is 6. The molecule has 18 nitrogen and oxygen atoms in total. The van der Waals surface area contributed by atoms with E-state index in [0.717, 1.165) is 18.5 Å². The molecule has 0 radical (unpaired) electrons. The number of carbonyl (C=O) groups excluding carboxylic acids is 1. The van der Waals surface area contributed by atoms with Crippen molar-refractivity contribution in [1.29, 1.82) is 0 Å². The summed E-state index contributed by atoms with van der Waals surface area (Å²) in [6.07, 6.45) is 0. The molecule has 0 saturated heterocycles. The van der Waals surface area contributed by atoms with E-state index in [2.05, 4.69) is 415 Å². The number of allylic oxidation sites excluding steroid dienone is 2. The summed E-state index contributed by atoms with van der Waals surface area (Å²) in [5.41, 5.74) is 21.4. The number of aliphatic hydroxyl groups is 1. The van der Waals surface area contributed by atoms with Gasteiger partial charge in [-0.15, -0.1) is 0 Å². The van der Waals surface area contributed by atoms with E-state index in [1.807, 2.05) is 92.6 Å². The molecule has 0 amide bonds. The number of benzene rings is 12. The van der Waals surface area contributed by atoms with Gasteiger partial charge >= 0.3 is 35.1 Å². The summed E-state index contributed by atoms with van der Waals surface area (Å²) in [4.78, 5) is 25.0. The normalized spacial score (nSPS) is 11.8. The van der Waals surface area contributed by atoms with Gasteiger partial charge in [0.25, 0.3) is 0 Å². The predicted molar refractivity (Wildman–Crippen MR) is 536 cm³/mol. The monoisotopic (exact) mass is 1940 g/mol. The fourth-order valence-corrected chi connectivity index (χ4v) is 14.6. The fraction of sp³-hybridized carbons (Fsp3) is 0.198. The molecule has 2 aliphatic heterocycles. The van der Waals surface area contributed by atoms with Crippen LogP contribution in [0.3, 0.4) is 0 Å². The summed E-state index contributed by atoms with van der Waals surface area (Å²) < 4.78 is 127. The Kier molecular flexibility index (Phi) is 41.3. The second kappa shape index (κ2) is 49.7. The predicted octanol–water partition coefficient (Wildman–Crippen LogP) is 18.1. The van der Waals surface area contributed by atoms with Crippen LogP contribution < -0.4 is 60.7 Å². The van der Waals surface area contributed by atoms with Crippen LogP contribution >= 0.6 is 38.9 Å². The summed E-state index contributed by atoms with van der Waals surface area (Å²) in [7, 11) is 22.8. The molecule has 2 aliphatic rings. The first-order valence-electron chi connectivity index (χ1n) is 40.7. The van der Waals surface area contributed by atoms with E-state index in [-0.39, 0.29) is 37.1 Å². The Morgan fingerprint density at radius 1 is 0.368 bits per heavy atom. The van der Waals surface area contributed by atoms with Gasteiger partial charge in [-0.2, -0.15) is 49.6 Å². The zero-order chi connectivity index (χ0) is 96.6. The quantitative estimate of drug-likeness (QED) is 0.0299. The van der Waals surface area contributed by atoms with Crippen molar-refractivity contribution in [3.8, 4) is 11.3 Å². The molecular weight excluding hydrogens is 1840 g/mol. The van der Waals surface area contributed by atoms with Crippen LogP contribution in [-0.4, -0.2) is 184 Å². The first-order chi connectivity index (χ1) is 61.9. The molecule has 1 aromatic heterocycles. The topological polar surface area (TPSA) is 181 Å². The number of rotatable bonds is 17. The van der Waals surface area contributed by atoms with Crippen LogP contribution in [0, 0.1) is 0 Å². The first-order valence-corrected chi connectivity index (χ1v) is 48.0. The standard InChI is InChI=1S/2C32H32N3.C17H20N2O.C15H13N.2C2H3F3NO2S.CH4O.Cl3OP.ClH.Li/c2*1-33(2)26-19-15-23(16-20-26)30(24-17-21-27(22-18-24)34(3)4)31-28-13-9-10-14-29(28)35(5)32(31)25-11-7-6-8-12-25;1-18(2)15-9-5-13(6-10-15)17(20)14-7-11-16(12-8-14)19(3)4;1-16-14-10-6-5-9-13(14)11-15(16)12-7-3-2-4-8-12;2*1-6-9(7,8)2(3,4)5;1-2;1-5(2,3)4;;/h2*6-22H,1-5H3;5-12H,1-4H3;2-11H,1H3;2*1H3;2H,1H3;;1H;/q2*+1;;;2*-1;;;;+1/p-1. The van der Waals surface area contributed by atoms with Crippen molar-refractivity contribution in [3.05, 3.63) is 381 Å². The van der Waals surface area contributed by atoms with Gasteiger partial charge in [-0.3, -0.25) is 9.36 Å². The molecule has 15 rings (SSSR count). The minimum atomic E-state index is -5.25. The molecule has 133 heavy (non-hydrogen) atoms. The maximum Gasteiger partial charge on any atom is 1.00 e. The summed E-state index contributed by atoms with van der Waals surface area (Å²) in [5.74, 6) is 0.0561. The molecule has 0 bridgehead atoms. The van der Waals surface area contributed by atoms with Crippen LogP contribution in [0.2, 0.25) is 0 Å². The van der Waals surface area contributed by atoms with Crippen molar-refractivity contribution in [2.75, 3.05) is 149 Å². The van der Waals surface area contributed by atoms with Crippen LogP contribution in [0.25, 0.3) is 53.9 Å². The van der Waals surface area contributed by atoms with Crippen LogP contribution in [-0.2, 0) is 31.7 Å². The molecule has 1 N–H and O–H groups in total. The molecule has 3 heterocycles. The number of halogens is 10. The number of fused-ring (bicyclic) bond motifs is 3. The second-order valence-electron chi connectivity index (χ2n) is 30.7. The van der Waals surface area contributed by atoms with Crippen LogP contribution in [0.15, 0.2) is 315 Å². The minimum Gasteiger partial charge on any atom is -1.00 e. The number of aromatic nitrogens is 1. The molecule has 696 valence electrons. The fourth-order valence-electron chi connectivity index (χ4n) is 14.1. The summed E-state index contributed by atoms with van der Waals surface area (Å²) >= 11 is 13.8. The van der Waals surface area contributed by atoms with Gasteiger partial charge in [-0.05, 0) is 207 Å². The van der Waals surface area contributed by atoms with E-state index in [1.165, 1.54) is 135 Å². The number of hydrogen-bond acceptors (Lipinski definition) is 13. The number of para-hydroxylation sites is 3. The molecule has 0 saturated carbocycles. The van der Waals surface area contributed by atoms with Gasteiger partial charge in [0, 0.05) is 195 Å². The Bertz CT molecular complexity index is 6000. The van der Waals surface area contributed by atoms with Crippen molar-refractivity contribution < 1.29 is 98.1 Å². The Labute approximate surface area is 810 Å². The van der Waals surface area contributed by atoms with Crippen molar-refractivity contribution in [1.82, 2.24) is 4.57 Å². The number of carbonyl (C=O) groups is 1. The Balaban J connectivity index is 0.000000257. The molecule has 0 atom stereocenters. The Morgan fingerprint density at radius 3 is 0.827 bits per heavy atom. The van der Waals surface area contributed by atoms with Gasteiger partial charge in [0.15, 0.2) is 25.8 Å². The van der Waals surface area contributed by atoms with Gasteiger partial charge in [-0.25, -0.2) is 16.8 Å². The summed E-state index contributed by atoms with van der Waals surface area (Å²) in [6, 6.07) is 111. The van der Waals surface area contributed by atoms with E-state index in [9.17, 15) is 52.5 Å². The average Bonchev–Trinajstić information content (AvgIpc) is 1.59. The van der Waals surface area contributed by atoms with Gasteiger partial charge < -0.3 is 60.9 Å². The van der Waals surface area contributed by atoms with Gasteiger partial charge in [-0.1, -0.05) is 158 Å². The van der Waals surface area contributed by atoms with Crippen molar-refractivity contribution in [3.63, 3.8) is 0 Å². The smallest absolute Gasteiger partial charge is 1.00 e. The third-order valence-electron chi connectivity index (χ3n) is 20.9. The average molecular weight is 1940 g/mol. The van der Waals surface area contributed by atoms with E-state index >= 15 is 0 Å². The number of hydrogen-bond donors (Lipinski definition) is 1. The molecule has 12 aromatic carbocycles. The summed E-state index contributed by atoms with van der Waals surface area (Å²) in [6.45, 7) is 0. The minimum absolute atomic E-state index is 0. The number of anilines is 6. The Morgan fingerprint density at radius 2 is 0.594 bits per heavy atom. The van der Waals surface area contributed by atoms with Crippen molar-refractivity contribution in [2.24, 2.45) is 7.05 Å².